The van der Waals surface area contributed by atoms with Crippen molar-refractivity contribution in [2.45, 2.75) is 38.6 Å². The summed E-state index contributed by atoms with van der Waals surface area (Å²) in [5.41, 5.74) is -0.177. The minimum Gasteiger partial charge on any atom is -0.475 e. The Morgan fingerprint density at radius 2 is 2.03 bits per heavy atom. The van der Waals surface area contributed by atoms with E-state index in [-0.39, 0.29) is 5.56 Å². The van der Waals surface area contributed by atoms with E-state index in [1.54, 1.807) is 12.3 Å². The van der Waals surface area contributed by atoms with Crippen LogP contribution < -0.4 is 9.64 Å². The fourth-order valence-corrected chi connectivity index (χ4v) is 4.28. The summed E-state index contributed by atoms with van der Waals surface area (Å²) in [6, 6.07) is 5.52. The van der Waals surface area contributed by atoms with Gasteiger partial charge in [0.2, 0.25) is 5.88 Å². The lowest BCUT2D eigenvalue weighted by Gasteiger charge is -2.31. The van der Waals surface area contributed by atoms with Crippen molar-refractivity contribution < 1.29 is 22.6 Å². The van der Waals surface area contributed by atoms with E-state index in [0.29, 0.717) is 42.6 Å². The third kappa shape index (κ3) is 2.89. The molecule has 0 saturated carbocycles. The predicted octanol–water partition coefficient (Wildman–Crippen LogP) is 4.56. The Labute approximate surface area is 182 Å². The van der Waals surface area contributed by atoms with E-state index in [4.69, 9.17) is 9.47 Å². The number of fused-ring (bicyclic) bond motifs is 1. The van der Waals surface area contributed by atoms with Crippen molar-refractivity contribution in [3.63, 3.8) is 0 Å². The molecule has 0 saturated heterocycles. The third-order valence-electron chi connectivity index (χ3n) is 6.14. The van der Waals surface area contributed by atoms with Crippen LogP contribution >= 0.6 is 0 Å². The number of aromatic nitrogens is 3. The van der Waals surface area contributed by atoms with Crippen molar-refractivity contribution in [2.75, 3.05) is 25.2 Å². The summed E-state index contributed by atoms with van der Waals surface area (Å²) >= 11 is 0. The van der Waals surface area contributed by atoms with E-state index < -0.39 is 11.8 Å². The van der Waals surface area contributed by atoms with E-state index in [0.717, 1.165) is 37.2 Å². The van der Waals surface area contributed by atoms with Crippen molar-refractivity contribution >= 4 is 28.2 Å². The number of anilines is 1. The first-order chi connectivity index (χ1) is 15.3. The molecule has 5 rings (SSSR count). The highest BCUT2D eigenvalue weighted by atomic mass is 19.4. The Hall–Kier alpha value is -3.14. The summed E-state index contributed by atoms with van der Waals surface area (Å²) in [7, 11) is 1.09. The van der Waals surface area contributed by atoms with Crippen LogP contribution in [-0.4, -0.2) is 46.8 Å². The molecule has 0 amide bonds. The van der Waals surface area contributed by atoms with Gasteiger partial charge in [0.1, 0.15) is 18.5 Å². The van der Waals surface area contributed by atoms with Crippen molar-refractivity contribution in [1.29, 1.82) is 0 Å². The van der Waals surface area contributed by atoms with Gasteiger partial charge in [-0.25, -0.2) is 15.0 Å². The highest BCUT2D eigenvalue weighted by Gasteiger charge is 2.54. The summed E-state index contributed by atoms with van der Waals surface area (Å²) < 4.78 is 54.8. The molecule has 0 fully saturated rings. The number of halogens is 3. The smallest absolute Gasteiger partial charge is 0.421 e. The standard InChI is InChI=1S/C22H22F3N5O2/c1-4-7-29-11-15(21(2,31-3)22(23,24)25)14-10-13(5-6-16(14)29)30-8-9-32-20-17-18(26-12-27-20)28-19(17)30/h5-6,10-12H,4,7-9H2,1-3H3. The maximum Gasteiger partial charge on any atom is 0.421 e. The van der Waals surface area contributed by atoms with E-state index in [1.165, 1.54) is 6.33 Å². The van der Waals surface area contributed by atoms with Gasteiger partial charge in [-0.2, -0.15) is 13.2 Å². The molecule has 7 nitrogen and oxygen atoms in total. The Balaban J connectivity index is 1.66. The molecule has 4 heterocycles. The summed E-state index contributed by atoms with van der Waals surface area (Å²) in [6.45, 7) is 4.50. The number of aryl methyl sites for hydroxylation is 1. The van der Waals surface area contributed by atoms with Gasteiger partial charge >= 0.3 is 6.18 Å². The average molecular weight is 445 g/mol. The SMILES string of the molecule is CCCn1cc(C(C)(OC)C(F)(F)F)c2cc(N3CCOc4ncnc5c4C3=N5)ccc21. The zero-order valence-corrected chi connectivity index (χ0v) is 17.9. The third-order valence-corrected chi connectivity index (χ3v) is 6.14. The highest BCUT2D eigenvalue weighted by Crippen LogP contribution is 2.46. The molecule has 168 valence electrons. The number of hydrogen-bond acceptors (Lipinski definition) is 6. The number of rotatable bonds is 5. The zero-order chi connectivity index (χ0) is 22.7. The zero-order valence-electron chi connectivity index (χ0n) is 17.9. The van der Waals surface area contributed by atoms with Crippen LogP contribution in [0.2, 0.25) is 0 Å². The predicted molar refractivity (Wildman–Crippen MR) is 114 cm³/mol. The van der Waals surface area contributed by atoms with Crippen LogP contribution in [-0.2, 0) is 16.9 Å². The molecule has 2 aromatic heterocycles. The summed E-state index contributed by atoms with van der Waals surface area (Å²) in [5, 5.41) is 0.493. The minimum absolute atomic E-state index is 0.0869. The highest BCUT2D eigenvalue weighted by molar-refractivity contribution is 6.20. The lowest BCUT2D eigenvalue weighted by atomic mass is 9.94. The number of hydrogen-bond donors (Lipinski definition) is 0. The molecule has 0 radical (unpaired) electrons. The summed E-state index contributed by atoms with van der Waals surface area (Å²) in [6.07, 6.45) is -0.826. The van der Waals surface area contributed by atoms with Gasteiger partial charge in [0.05, 0.1) is 6.54 Å². The maximum atomic E-state index is 14.1. The van der Waals surface area contributed by atoms with Crippen LogP contribution in [0.1, 0.15) is 31.4 Å². The van der Waals surface area contributed by atoms with Gasteiger partial charge < -0.3 is 18.9 Å². The Bertz CT molecular complexity index is 1240. The number of ether oxygens (including phenoxy) is 2. The summed E-state index contributed by atoms with van der Waals surface area (Å²) in [5.74, 6) is 1.69. The first-order valence-corrected chi connectivity index (χ1v) is 10.4. The number of nitrogens with zero attached hydrogens (tertiary/aromatic N) is 5. The van der Waals surface area contributed by atoms with E-state index in [2.05, 4.69) is 15.0 Å². The number of methoxy groups -OCH3 is 1. The second-order valence-corrected chi connectivity index (χ2v) is 7.99. The first kappa shape index (κ1) is 20.7. The van der Waals surface area contributed by atoms with Crippen LogP contribution in [0.15, 0.2) is 35.7 Å². The van der Waals surface area contributed by atoms with Crippen LogP contribution in [0, 0.1) is 0 Å². The van der Waals surface area contributed by atoms with Crippen molar-refractivity contribution in [1.82, 2.24) is 14.5 Å². The number of amidine groups is 1. The molecule has 0 bridgehead atoms. The van der Waals surface area contributed by atoms with Gasteiger partial charge in [0, 0.05) is 42.0 Å². The normalized spacial score (nSPS) is 17.2. The van der Waals surface area contributed by atoms with Gasteiger partial charge in [-0.15, -0.1) is 0 Å². The Kier molecular flexibility index (Phi) is 4.66. The molecule has 0 N–H and O–H groups in total. The van der Waals surface area contributed by atoms with Gasteiger partial charge in [-0.05, 0) is 31.5 Å². The largest absolute Gasteiger partial charge is 0.475 e. The number of alkyl halides is 3. The molecule has 1 unspecified atom stereocenters. The molecule has 1 aromatic carbocycles. The Morgan fingerprint density at radius 3 is 2.75 bits per heavy atom. The molecule has 10 heteroatoms. The van der Waals surface area contributed by atoms with Crippen LogP contribution in [0.5, 0.6) is 5.88 Å². The van der Waals surface area contributed by atoms with Crippen LogP contribution in [0.4, 0.5) is 24.7 Å². The van der Waals surface area contributed by atoms with E-state index in [9.17, 15) is 13.2 Å². The van der Waals surface area contributed by atoms with E-state index in [1.807, 2.05) is 28.5 Å². The molecular weight excluding hydrogens is 423 g/mol. The summed E-state index contributed by atoms with van der Waals surface area (Å²) in [4.78, 5) is 14.7. The molecule has 2 aliphatic rings. The molecule has 3 aromatic rings. The second kappa shape index (κ2) is 7.19. The fraction of sp³-hybridized carbons (Fsp3) is 0.409. The second-order valence-electron chi connectivity index (χ2n) is 7.99. The van der Waals surface area contributed by atoms with Gasteiger partial charge in [0.25, 0.3) is 0 Å². The van der Waals surface area contributed by atoms with Crippen LogP contribution in [0.25, 0.3) is 10.9 Å². The number of aliphatic imine (C=N–C) groups is 1. The lowest BCUT2D eigenvalue weighted by Crippen LogP contribution is -2.41. The Morgan fingerprint density at radius 1 is 1.22 bits per heavy atom. The first-order valence-electron chi connectivity index (χ1n) is 10.4. The number of benzene rings is 1. The van der Waals surface area contributed by atoms with Crippen molar-refractivity contribution in [3.05, 3.63) is 41.9 Å². The monoisotopic (exact) mass is 445 g/mol. The van der Waals surface area contributed by atoms with Crippen molar-refractivity contribution in [3.8, 4) is 5.88 Å². The van der Waals surface area contributed by atoms with Gasteiger partial charge in [-0.3, -0.25) is 0 Å². The van der Waals surface area contributed by atoms with Gasteiger partial charge in [-0.1, -0.05) is 6.92 Å². The molecule has 0 spiro atoms. The topological polar surface area (TPSA) is 64.8 Å². The van der Waals surface area contributed by atoms with Crippen LogP contribution in [0.3, 0.4) is 0 Å². The fourth-order valence-electron chi connectivity index (χ4n) is 4.28. The van der Waals surface area contributed by atoms with E-state index >= 15 is 0 Å². The molecule has 32 heavy (non-hydrogen) atoms. The van der Waals surface area contributed by atoms with Gasteiger partial charge in [0.15, 0.2) is 17.3 Å². The average Bonchev–Trinajstić information content (AvgIpc) is 3.00. The maximum absolute atomic E-state index is 14.1. The van der Waals surface area contributed by atoms with Crippen molar-refractivity contribution in [2.24, 2.45) is 4.99 Å². The molecule has 1 atom stereocenters. The minimum atomic E-state index is -4.58. The molecule has 2 aliphatic heterocycles. The quantitative estimate of drug-likeness (QED) is 0.576. The lowest BCUT2D eigenvalue weighted by molar-refractivity contribution is -0.268. The molecule has 0 aliphatic carbocycles. The molecular formula is C22H22F3N5O2.